The minimum atomic E-state index is -0.965. The second-order valence-electron chi connectivity index (χ2n) is 3.38. The molecule has 5 nitrogen and oxygen atoms in total. The topological polar surface area (TPSA) is 78.4 Å². The van der Waals surface area contributed by atoms with Gasteiger partial charge in [-0.1, -0.05) is 26.7 Å². The number of hydrogen-bond acceptors (Lipinski definition) is 3. The minimum Gasteiger partial charge on any atom is -0.480 e. The fourth-order valence-corrected chi connectivity index (χ4v) is 1.15. The van der Waals surface area contributed by atoms with E-state index in [1.807, 2.05) is 13.8 Å². The van der Waals surface area contributed by atoms with E-state index in [9.17, 15) is 9.59 Å². The Morgan fingerprint density at radius 2 is 2.00 bits per heavy atom. The number of carbonyl (C=O) groups is 2. The first-order valence-electron chi connectivity index (χ1n) is 5.34. The van der Waals surface area contributed by atoms with Crippen molar-refractivity contribution in [1.82, 2.24) is 10.6 Å². The van der Waals surface area contributed by atoms with E-state index in [2.05, 4.69) is 10.6 Å². The molecule has 0 aliphatic heterocycles. The van der Waals surface area contributed by atoms with E-state index in [4.69, 9.17) is 5.11 Å². The van der Waals surface area contributed by atoms with E-state index in [1.54, 1.807) is 0 Å². The summed E-state index contributed by atoms with van der Waals surface area (Å²) >= 11 is 0. The molecule has 15 heavy (non-hydrogen) atoms. The zero-order chi connectivity index (χ0) is 11.7. The Labute approximate surface area is 90.2 Å². The Hall–Kier alpha value is -1.10. The Morgan fingerprint density at radius 3 is 2.47 bits per heavy atom. The molecule has 88 valence electrons. The molecule has 1 unspecified atom stereocenters. The number of nitrogens with one attached hydrogen (secondary N) is 2. The molecule has 3 N–H and O–H groups in total. The zero-order valence-corrected chi connectivity index (χ0v) is 9.38. The van der Waals surface area contributed by atoms with Crippen molar-refractivity contribution >= 4 is 11.9 Å². The lowest BCUT2D eigenvalue weighted by Crippen LogP contribution is -2.44. The molecular weight excluding hydrogens is 196 g/mol. The minimum absolute atomic E-state index is 0.173. The number of amides is 1. The lowest BCUT2D eigenvalue weighted by atomic mass is 10.1. The van der Waals surface area contributed by atoms with Gasteiger partial charge >= 0.3 is 5.97 Å². The number of carboxylic acid groups (broad SMARTS) is 1. The molecule has 1 atom stereocenters. The Kier molecular flexibility index (Phi) is 7.62. The summed E-state index contributed by atoms with van der Waals surface area (Å²) in [5.41, 5.74) is 0. The summed E-state index contributed by atoms with van der Waals surface area (Å²) in [6.45, 7) is 4.74. The molecule has 0 radical (unpaired) electrons. The third-order valence-electron chi connectivity index (χ3n) is 2.02. The molecule has 0 aromatic heterocycles. The van der Waals surface area contributed by atoms with Crippen molar-refractivity contribution < 1.29 is 14.7 Å². The van der Waals surface area contributed by atoms with Crippen LogP contribution in [-0.4, -0.2) is 36.1 Å². The lowest BCUT2D eigenvalue weighted by Gasteiger charge is -2.13. The second kappa shape index (κ2) is 8.23. The highest BCUT2D eigenvalue weighted by molar-refractivity contribution is 5.84. The van der Waals surface area contributed by atoms with Gasteiger partial charge in [0.05, 0.1) is 6.54 Å². The maximum atomic E-state index is 11.2. The van der Waals surface area contributed by atoms with Gasteiger partial charge in [-0.05, 0) is 13.0 Å². The molecule has 0 aromatic rings. The first-order chi connectivity index (χ1) is 7.11. The first-order valence-corrected chi connectivity index (χ1v) is 5.34. The number of likely N-dealkylation sites (N-methyl/N-ethyl adjacent to an activating group) is 1. The third kappa shape index (κ3) is 6.90. The first kappa shape index (κ1) is 13.9. The van der Waals surface area contributed by atoms with Crippen LogP contribution in [0.4, 0.5) is 0 Å². The van der Waals surface area contributed by atoms with Crippen molar-refractivity contribution in [2.75, 3.05) is 13.1 Å². The molecule has 0 aliphatic carbocycles. The second-order valence-corrected chi connectivity index (χ2v) is 3.38. The van der Waals surface area contributed by atoms with Crippen molar-refractivity contribution in [3.63, 3.8) is 0 Å². The number of unbranched alkanes of at least 4 members (excludes halogenated alkanes) is 1. The monoisotopic (exact) mass is 216 g/mol. The van der Waals surface area contributed by atoms with Crippen LogP contribution in [0.3, 0.4) is 0 Å². The standard InChI is InChI=1S/C10H20N2O3/c1-3-5-6-8(10(14)15)12-9(13)7-11-4-2/h8,11H,3-7H2,1-2H3,(H,12,13)(H,14,15). The van der Waals surface area contributed by atoms with Crippen LogP contribution >= 0.6 is 0 Å². The van der Waals surface area contributed by atoms with E-state index >= 15 is 0 Å². The van der Waals surface area contributed by atoms with Crippen molar-refractivity contribution in [1.29, 1.82) is 0 Å². The van der Waals surface area contributed by atoms with Gasteiger partial charge in [0.2, 0.25) is 5.91 Å². The molecule has 0 spiro atoms. The summed E-state index contributed by atoms with van der Waals surface area (Å²) in [5.74, 6) is -1.23. The van der Waals surface area contributed by atoms with E-state index in [0.717, 1.165) is 12.8 Å². The predicted octanol–water partition coefficient (Wildman–Crippen LogP) is 0.355. The predicted molar refractivity (Wildman–Crippen MR) is 57.6 cm³/mol. The summed E-state index contributed by atoms with van der Waals surface area (Å²) in [4.78, 5) is 22.0. The number of hydrogen-bond donors (Lipinski definition) is 3. The summed E-state index contributed by atoms with van der Waals surface area (Å²) in [7, 11) is 0. The van der Waals surface area contributed by atoms with Gasteiger partial charge in [-0.25, -0.2) is 4.79 Å². The van der Waals surface area contributed by atoms with Crippen LogP contribution in [0.25, 0.3) is 0 Å². The molecule has 0 rings (SSSR count). The van der Waals surface area contributed by atoms with Crippen LogP contribution in [-0.2, 0) is 9.59 Å². The summed E-state index contributed by atoms with van der Waals surface area (Å²) in [5, 5.41) is 14.2. The van der Waals surface area contributed by atoms with Gasteiger partial charge in [-0.3, -0.25) is 4.79 Å². The Morgan fingerprint density at radius 1 is 1.33 bits per heavy atom. The molecular formula is C10H20N2O3. The van der Waals surface area contributed by atoms with Crippen LogP contribution in [0.15, 0.2) is 0 Å². The largest absolute Gasteiger partial charge is 0.480 e. The highest BCUT2D eigenvalue weighted by Crippen LogP contribution is 2.00. The van der Waals surface area contributed by atoms with Gasteiger partial charge < -0.3 is 15.7 Å². The van der Waals surface area contributed by atoms with Crippen molar-refractivity contribution in [2.24, 2.45) is 0 Å². The highest BCUT2D eigenvalue weighted by Gasteiger charge is 2.18. The van der Waals surface area contributed by atoms with Gasteiger partial charge in [0.15, 0.2) is 0 Å². The maximum Gasteiger partial charge on any atom is 0.326 e. The highest BCUT2D eigenvalue weighted by atomic mass is 16.4. The fourth-order valence-electron chi connectivity index (χ4n) is 1.15. The number of rotatable bonds is 8. The van der Waals surface area contributed by atoms with Gasteiger partial charge in [0.25, 0.3) is 0 Å². The number of carboxylic acids is 1. The van der Waals surface area contributed by atoms with Gasteiger partial charge in [-0.15, -0.1) is 0 Å². The molecule has 0 aromatic carbocycles. The smallest absolute Gasteiger partial charge is 0.326 e. The fraction of sp³-hybridized carbons (Fsp3) is 0.800. The molecule has 0 aliphatic rings. The summed E-state index contributed by atoms with van der Waals surface area (Å²) < 4.78 is 0. The third-order valence-corrected chi connectivity index (χ3v) is 2.02. The van der Waals surface area contributed by atoms with E-state index in [0.29, 0.717) is 13.0 Å². The molecule has 1 amide bonds. The molecule has 0 saturated carbocycles. The van der Waals surface area contributed by atoms with E-state index in [-0.39, 0.29) is 12.5 Å². The van der Waals surface area contributed by atoms with Crippen LogP contribution in [0.2, 0.25) is 0 Å². The van der Waals surface area contributed by atoms with Crippen LogP contribution in [0.1, 0.15) is 33.1 Å². The molecule has 0 saturated heterocycles. The van der Waals surface area contributed by atoms with Gasteiger partial charge in [-0.2, -0.15) is 0 Å². The van der Waals surface area contributed by atoms with Gasteiger partial charge in [0, 0.05) is 0 Å². The molecule has 5 heteroatoms. The average molecular weight is 216 g/mol. The molecule has 0 fully saturated rings. The van der Waals surface area contributed by atoms with E-state index < -0.39 is 12.0 Å². The summed E-state index contributed by atoms with van der Waals surface area (Å²) in [6.07, 6.45) is 2.22. The Balaban J connectivity index is 3.93. The number of aliphatic carboxylic acids is 1. The van der Waals surface area contributed by atoms with Crippen LogP contribution in [0.5, 0.6) is 0 Å². The normalized spacial score (nSPS) is 12.1. The quantitative estimate of drug-likeness (QED) is 0.547. The maximum absolute atomic E-state index is 11.2. The summed E-state index contributed by atoms with van der Waals surface area (Å²) in [6, 6.07) is -0.754. The van der Waals surface area contributed by atoms with Crippen molar-refractivity contribution in [2.45, 2.75) is 39.2 Å². The van der Waals surface area contributed by atoms with Gasteiger partial charge in [0.1, 0.15) is 6.04 Å². The van der Waals surface area contributed by atoms with Crippen LogP contribution in [0, 0.1) is 0 Å². The van der Waals surface area contributed by atoms with E-state index in [1.165, 1.54) is 0 Å². The van der Waals surface area contributed by atoms with Crippen LogP contribution < -0.4 is 10.6 Å². The molecule has 0 bridgehead atoms. The zero-order valence-electron chi connectivity index (χ0n) is 9.38. The molecule has 0 heterocycles. The average Bonchev–Trinajstić information content (AvgIpc) is 2.20. The van der Waals surface area contributed by atoms with Crippen molar-refractivity contribution in [3.8, 4) is 0 Å². The van der Waals surface area contributed by atoms with Crippen molar-refractivity contribution in [3.05, 3.63) is 0 Å². The SMILES string of the molecule is CCCCC(NC(=O)CNCC)C(=O)O. The number of carbonyl (C=O) groups excluding carboxylic acids is 1. The lowest BCUT2D eigenvalue weighted by molar-refractivity contribution is -0.141. The Bertz CT molecular complexity index is 207.